The Kier molecular flexibility index (Phi) is 2.61. The molecule has 0 aliphatic heterocycles. The van der Waals surface area contributed by atoms with Gasteiger partial charge in [0, 0.05) is 5.69 Å². The zero-order valence-corrected chi connectivity index (χ0v) is 7.35. The van der Waals surface area contributed by atoms with Gasteiger partial charge in [0.25, 0.3) is 5.96 Å². The highest BCUT2D eigenvalue weighted by Crippen LogP contribution is 1.99. The molecule has 0 saturated heterocycles. The second-order valence-corrected chi connectivity index (χ2v) is 2.59. The lowest BCUT2D eigenvalue weighted by Gasteiger charge is -2.06. The van der Waals surface area contributed by atoms with Crippen LogP contribution in [0.25, 0.3) is 0 Å². The van der Waals surface area contributed by atoms with Gasteiger partial charge in [-0.3, -0.25) is 0 Å². The first-order valence-corrected chi connectivity index (χ1v) is 3.61. The summed E-state index contributed by atoms with van der Waals surface area (Å²) < 4.78 is 1.28. The van der Waals surface area contributed by atoms with Gasteiger partial charge in [0.05, 0.1) is 5.69 Å². The second-order valence-electron chi connectivity index (χ2n) is 2.59. The molecule has 7 nitrogen and oxygen atoms in total. The number of nitrogens with two attached hydrogens (primary N) is 1. The Morgan fingerprint density at radius 2 is 2.38 bits per heavy atom. The molecule has 0 aliphatic carbocycles. The first-order chi connectivity index (χ1) is 6.00. The topological polar surface area (TPSA) is 104 Å². The number of hydrogen-bond acceptors (Lipinski definition) is 4. The highest BCUT2D eigenvalue weighted by Gasteiger charge is 2.05. The van der Waals surface area contributed by atoms with E-state index >= 15 is 0 Å². The second kappa shape index (κ2) is 3.52. The normalized spacial score (nSPS) is 14.6. The minimum atomic E-state index is -1.33. The SMILES string of the molecule is Cc1cc(C)n(/C(N)=N/[NH+]([O-])O)n1. The van der Waals surface area contributed by atoms with Crippen LogP contribution in [0.4, 0.5) is 0 Å². The molecule has 72 valence electrons. The largest absolute Gasteiger partial charge is 0.572 e. The van der Waals surface area contributed by atoms with E-state index in [2.05, 4.69) is 10.2 Å². The quantitative estimate of drug-likeness (QED) is 0.277. The van der Waals surface area contributed by atoms with E-state index in [1.807, 2.05) is 0 Å². The van der Waals surface area contributed by atoms with Crippen LogP contribution in [0, 0.1) is 19.1 Å². The van der Waals surface area contributed by atoms with Crippen LogP contribution in [-0.4, -0.2) is 20.9 Å². The number of aryl methyl sites for hydroxylation is 2. The molecular weight excluding hydrogens is 174 g/mol. The molecule has 7 heteroatoms. The van der Waals surface area contributed by atoms with E-state index in [4.69, 9.17) is 10.9 Å². The molecule has 0 spiro atoms. The van der Waals surface area contributed by atoms with Crippen molar-refractivity contribution in [3.63, 3.8) is 0 Å². The van der Waals surface area contributed by atoms with Crippen LogP contribution in [0.1, 0.15) is 11.4 Å². The number of nitrogens with zero attached hydrogens (tertiary/aromatic N) is 3. The fraction of sp³-hybridized carbons (Fsp3) is 0.333. The van der Waals surface area contributed by atoms with Crippen LogP contribution >= 0.6 is 0 Å². The van der Waals surface area contributed by atoms with Crippen LogP contribution in [-0.2, 0) is 0 Å². The average molecular weight is 185 g/mol. The lowest BCUT2D eigenvalue weighted by atomic mass is 10.4. The lowest BCUT2D eigenvalue weighted by molar-refractivity contribution is -1.05. The standard InChI is InChI=1S/C6H11N5O2/c1-4-3-5(2)10(8-4)6(7)9-11(12)13/h3,11-12H,1-2H3,(H2,7,9). The van der Waals surface area contributed by atoms with Crippen LogP contribution in [0.15, 0.2) is 11.2 Å². The van der Waals surface area contributed by atoms with Gasteiger partial charge in [0.15, 0.2) is 0 Å². The van der Waals surface area contributed by atoms with E-state index in [-0.39, 0.29) is 5.96 Å². The Morgan fingerprint density at radius 3 is 2.77 bits per heavy atom. The predicted octanol–water partition coefficient (Wildman–Crippen LogP) is -1.65. The lowest BCUT2D eigenvalue weighted by Crippen LogP contribution is -2.99. The third-order valence-corrected chi connectivity index (χ3v) is 1.44. The van der Waals surface area contributed by atoms with Gasteiger partial charge in [-0.05, 0) is 25.0 Å². The molecule has 1 aromatic rings. The summed E-state index contributed by atoms with van der Waals surface area (Å²) in [5.41, 5.74) is 6.89. The van der Waals surface area contributed by atoms with E-state index in [1.165, 1.54) is 4.68 Å². The highest BCUT2D eigenvalue weighted by molar-refractivity contribution is 5.79. The Bertz CT molecular complexity index is 330. The highest BCUT2D eigenvalue weighted by atomic mass is 16.8. The third-order valence-electron chi connectivity index (χ3n) is 1.44. The van der Waals surface area contributed by atoms with E-state index in [1.54, 1.807) is 19.9 Å². The monoisotopic (exact) mass is 185 g/mol. The molecule has 13 heavy (non-hydrogen) atoms. The minimum absolute atomic E-state index is 0.141. The molecule has 0 bridgehead atoms. The molecule has 0 amide bonds. The Hall–Kier alpha value is -1.44. The van der Waals surface area contributed by atoms with Gasteiger partial charge in [-0.25, -0.2) is 4.68 Å². The van der Waals surface area contributed by atoms with Gasteiger partial charge in [-0.2, -0.15) is 10.3 Å². The molecule has 1 atom stereocenters. The fourth-order valence-corrected chi connectivity index (χ4v) is 1.01. The van der Waals surface area contributed by atoms with Crippen molar-refractivity contribution in [2.24, 2.45) is 10.8 Å². The molecular formula is C6H11N5O2. The first-order valence-electron chi connectivity index (χ1n) is 3.61. The maximum atomic E-state index is 10.2. The average Bonchev–Trinajstić information content (AvgIpc) is 2.28. The van der Waals surface area contributed by atoms with Crippen molar-refractivity contribution in [2.75, 3.05) is 0 Å². The zero-order valence-electron chi connectivity index (χ0n) is 7.35. The van der Waals surface area contributed by atoms with Crippen LogP contribution in [0.3, 0.4) is 0 Å². The molecule has 0 saturated carbocycles. The molecule has 0 radical (unpaired) electrons. The van der Waals surface area contributed by atoms with Gasteiger partial charge < -0.3 is 10.9 Å². The van der Waals surface area contributed by atoms with Crippen molar-refractivity contribution in [1.29, 1.82) is 0 Å². The van der Waals surface area contributed by atoms with Crippen molar-refractivity contribution in [2.45, 2.75) is 13.8 Å². The minimum Gasteiger partial charge on any atom is -0.572 e. The first kappa shape index (κ1) is 9.65. The van der Waals surface area contributed by atoms with Crippen LogP contribution < -0.4 is 11.1 Å². The van der Waals surface area contributed by atoms with Gasteiger partial charge in [-0.15, -0.1) is 0 Å². The van der Waals surface area contributed by atoms with Gasteiger partial charge >= 0.3 is 0 Å². The predicted molar refractivity (Wildman–Crippen MR) is 44.8 cm³/mol. The molecule has 1 heterocycles. The number of nitrogens with one attached hydrogen (secondary N) is 1. The van der Waals surface area contributed by atoms with Crippen molar-refractivity contribution in [1.82, 2.24) is 9.78 Å². The zero-order chi connectivity index (χ0) is 10.0. The van der Waals surface area contributed by atoms with E-state index in [0.717, 1.165) is 11.4 Å². The summed E-state index contributed by atoms with van der Waals surface area (Å²) in [5.74, 6) is -0.141. The van der Waals surface area contributed by atoms with Crippen molar-refractivity contribution in [3.8, 4) is 0 Å². The van der Waals surface area contributed by atoms with E-state index in [0.29, 0.717) is 0 Å². The van der Waals surface area contributed by atoms with Gasteiger partial charge in [0.2, 0.25) is 0 Å². The summed E-state index contributed by atoms with van der Waals surface area (Å²) in [4.78, 5) is 0. The number of quaternary nitrogens is 1. The summed E-state index contributed by atoms with van der Waals surface area (Å²) >= 11 is 0. The molecule has 1 unspecified atom stereocenters. The molecule has 0 fully saturated rings. The van der Waals surface area contributed by atoms with E-state index < -0.39 is 5.34 Å². The molecule has 1 rings (SSSR count). The molecule has 1 aromatic heterocycles. The van der Waals surface area contributed by atoms with Gasteiger partial charge in [-0.1, -0.05) is 5.34 Å². The smallest absolute Gasteiger partial charge is 0.279 e. The molecule has 0 aliphatic rings. The van der Waals surface area contributed by atoms with Crippen molar-refractivity contribution in [3.05, 3.63) is 22.7 Å². The summed E-state index contributed by atoms with van der Waals surface area (Å²) in [6.07, 6.45) is 0. The Labute approximate surface area is 74.6 Å². The van der Waals surface area contributed by atoms with E-state index in [9.17, 15) is 5.21 Å². The Balaban J connectivity index is 3.01. The summed E-state index contributed by atoms with van der Waals surface area (Å²) in [7, 11) is 0. The maximum absolute atomic E-state index is 10.2. The number of aromatic nitrogens is 2. The number of rotatable bonds is 1. The van der Waals surface area contributed by atoms with Crippen molar-refractivity contribution < 1.29 is 10.5 Å². The Morgan fingerprint density at radius 1 is 1.77 bits per heavy atom. The summed E-state index contributed by atoms with van der Waals surface area (Å²) in [6.45, 7) is 3.56. The third kappa shape index (κ3) is 2.25. The molecule has 0 aromatic carbocycles. The summed E-state index contributed by atoms with van der Waals surface area (Å²) in [5, 5.41) is 24.3. The van der Waals surface area contributed by atoms with Crippen LogP contribution in [0.2, 0.25) is 0 Å². The summed E-state index contributed by atoms with van der Waals surface area (Å²) in [6, 6.07) is 1.78. The van der Waals surface area contributed by atoms with Gasteiger partial charge in [0.1, 0.15) is 0 Å². The van der Waals surface area contributed by atoms with Crippen molar-refractivity contribution >= 4 is 5.96 Å². The maximum Gasteiger partial charge on any atom is 0.279 e. The fourth-order valence-electron chi connectivity index (χ4n) is 1.01. The van der Waals surface area contributed by atoms with Crippen LogP contribution in [0.5, 0.6) is 0 Å². The number of hydrogen-bond donors (Lipinski definition) is 3. The molecule has 4 N–H and O–H groups in total.